The number of alkyl halides is 3. The van der Waals surface area contributed by atoms with E-state index in [4.69, 9.17) is 10.5 Å². The van der Waals surface area contributed by atoms with Crippen molar-refractivity contribution in [2.24, 2.45) is 11.7 Å². The molecule has 1 aromatic carbocycles. The number of halogens is 4. The monoisotopic (exact) mass is 327 g/mol. The molecule has 2 N–H and O–H groups in total. The van der Waals surface area contributed by atoms with Crippen LogP contribution in [0.1, 0.15) is 38.3 Å². The molecular weight excluding hydrogens is 307 g/mol. The van der Waals surface area contributed by atoms with Gasteiger partial charge in [0.1, 0.15) is 11.5 Å². The van der Waals surface area contributed by atoms with Crippen LogP contribution in [0.15, 0.2) is 18.2 Å². The molecule has 0 aliphatic carbocycles. The van der Waals surface area contributed by atoms with Gasteiger partial charge in [0.15, 0.2) is 0 Å². The fourth-order valence-corrected chi connectivity index (χ4v) is 1.86. The van der Waals surface area contributed by atoms with Gasteiger partial charge in [-0.3, -0.25) is 0 Å². The first kappa shape index (κ1) is 19.9. The van der Waals surface area contributed by atoms with E-state index in [1.165, 1.54) is 25.3 Å². The molecule has 0 saturated carbocycles. The molecule has 0 aliphatic rings. The minimum atomic E-state index is -4.72. The predicted octanol–water partition coefficient (Wildman–Crippen LogP) is 4.45. The molecule has 122 valence electrons. The lowest BCUT2D eigenvalue weighted by molar-refractivity contribution is -0.274. The van der Waals surface area contributed by atoms with E-state index >= 15 is 0 Å². The van der Waals surface area contributed by atoms with Crippen molar-refractivity contribution in [1.29, 1.82) is 0 Å². The van der Waals surface area contributed by atoms with Gasteiger partial charge in [0.25, 0.3) is 0 Å². The van der Waals surface area contributed by atoms with Crippen molar-refractivity contribution < 1.29 is 22.6 Å². The Bertz CT molecular complexity index is 439. The number of methoxy groups -OCH3 is 1. The van der Waals surface area contributed by atoms with Gasteiger partial charge in [0.2, 0.25) is 0 Å². The van der Waals surface area contributed by atoms with E-state index in [1.54, 1.807) is 0 Å². The molecule has 0 saturated heterocycles. The van der Waals surface area contributed by atoms with Gasteiger partial charge in [-0.05, 0) is 24.8 Å². The summed E-state index contributed by atoms with van der Waals surface area (Å²) in [5.41, 5.74) is 6.74. The Kier molecular flexibility index (Phi) is 7.89. The standard InChI is InChI=1S/C14H20F3NO2.ClH/c1-9(2)4-7-12(18)11-6-5-10(8-13(11)19-3)20-14(15,16)17;/h5-6,8-9,12H,4,7,18H2,1-3H3;1H/t12-;/m0./s1. The Labute approximate surface area is 129 Å². The highest BCUT2D eigenvalue weighted by molar-refractivity contribution is 5.85. The summed E-state index contributed by atoms with van der Waals surface area (Å²) < 4.78 is 45.4. The van der Waals surface area contributed by atoms with E-state index in [0.717, 1.165) is 12.8 Å². The van der Waals surface area contributed by atoms with Crippen molar-refractivity contribution >= 4 is 12.4 Å². The van der Waals surface area contributed by atoms with Crippen LogP contribution >= 0.6 is 12.4 Å². The molecule has 1 atom stereocenters. The SMILES string of the molecule is COc1cc(OC(F)(F)F)ccc1[C@@H](N)CCC(C)C.Cl. The number of nitrogens with two attached hydrogens (primary N) is 1. The molecule has 1 aromatic rings. The molecule has 0 unspecified atom stereocenters. The quantitative estimate of drug-likeness (QED) is 0.839. The van der Waals surface area contributed by atoms with Crippen molar-refractivity contribution in [2.45, 2.75) is 39.1 Å². The van der Waals surface area contributed by atoms with Gasteiger partial charge >= 0.3 is 6.36 Å². The zero-order chi connectivity index (χ0) is 15.3. The van der Waals surface area contributed by atoms with Crippen molar-refractivity contribution in [1.82, 2.24) is 0 Å². The minimum absolute atomic E-state index is 0. The second kappa shape index (κ2) is 8.34. The third kappa shape index (κ3) is 6.91. The summed E-state index contributed by atoms with van der Waals surface area (Å²) >= 11 is 0. The van der Waals surface area contributed by atoms with Crippen LogP contribution in [-0.4, -0.2) is 13.5 Å². The Morgan fingerprint density at radius 2 is 1.81 bits per heavy atom. The zero-order valence-corrected chi connectivity index (χ0v) is 13.1. The van der Waals surface area contributed by atoms with Crippen molar-refractivity contribution in [2.75, 3.05) is 7.11 Å². The van der Waals surface area contributed by atoms with Crippen LogP contribution in [0.3, 0.4) is 0 Å². The molecule has 0 heterocycles. The maximum Gasteiger partial charge on any atom is 0.573 e. The number of rotatable bonds is 6. The van der Waals surface area contributed by atoms with Gasteiger partial charge in [0.05, 0.1) is 7.11 Å². The second-order valence-corrected chi connectivity index (χ2v) is 5.03. The van der Waals surface area contributed by atoms with Gasteiger partial charge in [-0.25, -0.2) is 0 Å². The van der Waals surface area contributed by atoms with Crippen molar-refractivity contribution in [3.63, 3.8) is 0 Å². The average Bonchev–Trinajstić information content (AvgIpc) is 2.33. The molecule has 0 fully saturated rings. The molecule has 0 amide bonds. The minimum Gasteiger partial charge on any atom is -0.496 e. The molecule has 3 nitrogen and oxygen atoms in total. The number of benzene rings is 1. The first-order valence-corrected chi connectivity index (χ1v) is 6.42. The van der Waals surface area contributed by atoms with Crippen LogP contribution in [0.25, 0.3) is 0 Å². The predicted molar refractivity (Wildman–Crippen MR) is 77.9 cm³/mol. The van der Waals surface area contributed by atoms with Crippen LogP contribution in [0, 0.1) is 5.92 Å². The highest BCUT2D eigenvalue weighted by atomic mass is 35.5. The van der Waals surface area contributed by atoms with Crippen molar-refractivity contribution in [3.05, 3.63) is 23.8 Å². The highest BCUT2D eigenvalue weighted by Gasteiger charge is 2.31. The lowest BCUT2D eigenvalue weighted by Crippen LogP contribution is -2.17. The first-order valence-electron chi connectivity index (χ1n) is 6.42. The summed E-state index contributed by atoms with van der Waals surface area (Å²) in [6, 6.07) is 3.70. The lowest BCUT2D eigenvalue weighted by Gasteiger charge is -2.18. The van der Waals surface area contributed by atoms with E-state index < -0.39 is 6.36 Å². The summed E-state index contributed by atoms with van der Waals surface area (Å²) in [6.45, 7) is 4.18. The summed E-state index contributed by atoms with van der Waals surface area (Å²) in [6.07, 6.45) is -3.04. The van der Waals surface area contributed by atoms with Crippen LogP contribution < -0.4 is 15.2 Å². The fraction of sp³-hybridized carbons (Fsp3) is 0.571. The Hall–Kier alpha value is -1.14. The van der Waals surface area contributed by atoms with Crippen molar-refractivity contribution in [3.8, 4) is 11.5 Å². The van der Waals surface area contributed by atoms with Crippen LogP contribution in [0.5, 0.6) is 11.5 Å². The summed E-state index contributed by atoms with van der Waals surface area (Å²) in [5, 5.41) is 0. The number of ether oxygens (including phenoxy) is 2. The molecule has 0 aromatic heterocycles. The van der Waals surface area contributed by atoms with E-state index in [2.05, 4.69) is 18.6 Å². The van der Waals surface area contributed by atoms with Gasteiger partial charge in [0, 0.05) is 17.7 Å². The van der Waals surface area contributed by atoms with E-state index in [1.807, 2.05) is 0 Å². The first-order chi connectivity index (χ1) is 9.23. The lowest BCUT2D eigenvalue weighted by atomic mass is 9.97. The Morgan fingerprint density at radius 1 is 1.19 bits per heavy atom. The van der Waals surface area contributed by atoms with Crippen LogP contribution in [-0.2, 0) is 0 Å². The summed E-state index contributed by atoms with van der Waals surface area (Å²) in [5.74, 6) is 0.511. The van der Waals surface area contributed by atoms with Crippen LogP contribution in [0.4, 0.5) is 13.2 Å². The molecule has 1 rings (SSSR count). The fourth-order valence-electron chi connectivity index (χ4n) is 1.86. The highest BCUT2D eigenvalue weighted by Crippen LogP contribution is 2.33. The smallest absolute Gasteiger partial charge is 0.496 e. The molecular formula is C14H21ClF3NO2. The second-order valence-electron chi connectivity index (χ2n) is 5.03. The zero-order valence-electron chi connectivity index (χ0n) is 12.2. The summed E-state index contributed by atoms with van der Waals surface area (Å²) in [4.78, 5) is 0. The molecule has 21 heavy (non-hydrogen) atoms. The largest absolute Gasteiger partial charge is 0.573 e. The topological polar surface area (TPSA) is 44.5 Å². The van der Waals surface area contributed by atoms with E-state index in [0.29, 0.717) is 17.2 Å². The van der Waals surface area contributed by atoms with Gasteiger partial charge in [-0.2, -0.15) is 0 Å². The van der Waals surface area contributed by atoms with Crippen LogP contribution in [0.2, 0.25) is 0 Å². The Balaban J connectivity index is 0.00000400. The van der Waals surface area contributed by atoms with Gasteiger partial charge in [-0.1, -0.05) is 19.9 Å². The third-order valence-corrected chi connectivity index (χ3v) is 2.89. The Morgan fingerprint density at radius 3 is 2.29 bits per heavy atom. The molecule has 7 heteroatoms. The maximum atomic E-state index is 12.2. The van der Waals surface area contributed by atoms with Gasteiger partial charge in [-0.15, -0.1) is 25.6 Å². The maximum absolute atomic E-state index is 12.2. The molecule has 0 spiro atoms. The normalized spacial score (nSPS) is 12.8. The van der Waals surface area contributed by atoms with E-state index in [-0.39, 0.29) is 24.2 Å². The number of hydrogen-bond acceptors (Lipinski definition) is 3. The van der Waals surface area contributed by atoms with E-state index in [9.17, 15) is 13.2 Å². The van der Waals surface area contributed by atoms with Gasteiger partial charge < -0.3 is 15.2 Å². The molecule has 0 aliphatic heterocycles. The summed E-state index contributed by atoms with van der Waals surface area (Å²) in [7, 11) is 1.39. The molecule has 0 bridgehead atoms. The average molecular weight is 328 g/mol. The third-order valence-electron chi connectivity index (χ3n) is 2.89. The number of hydrogen-bond donors (Lipinski definition) is 1. The molecule has 0 radical (unpaired) electrons.